The number of halogens is 2. The fourth-order valence-corrected chi connectivity index (χ4v) is 4.90. The number of piperidine rings is 1. The van der Waals surface area contributed by atoms with Crippen LogP contribution in [-0.4, -0.2) is 61.2 Å². The van der Waals surface area contributed by atoms with Crippen LogP contribution in [0.25, 0.3) is 0 Å². The minimum atomic E-state index is -0.572. The van der Waals surface area contributed by atoms with Crippen molar-refractivity contribution >= 4 is 28.9 Å². The number of likely N-dealkylation sites (tertiary alicyclic amines) is 1. The summed E-state index contributed by atoms with van der Waals surface area (Å²) in [5.41, 5.74) is 2.04. The Hall–Kier alpha value is -3.66. The zero-order valence-corrected chi connectivity index (χ0v) is 20.1. The number of rotatable bonds is 7. The fraction of sp³-hybridized carbons (Fsp3) is 0.385. The molecule has 1 amide bonds. The van der Waals surface area contributed by atoms with E-state index in [1.54, 1.807) is 12.1 Å². The van der Waals surface area contributed by atoms with E-state index in [-0.39, 0.29) is 41.0 Å². The molecule has 5 rings (SSSR count). The number of benzene rings is 1. The maximum atomic E-state index is 15.4. The molecule has 0 spiro atoms. The van der Waals surface area contributed by atoms with Gasteiger partial charge in [0.2, 0.25) is 0 Å². The van der Waals surface area contributed by atoms with Gasteiger partial charge >= 0.3 is 0 Å². The Morgan fingerprint density at radius 1 is 1.22 bits per heavy atom. The second kappa shape index (κ2) is 10.1. The van der Waals surface area contributed by atoms with Crippen molar-refractivity contribution in [2.45, 2.75) is 25.4 Å². The van der Waals surface area contributed by atoms with Crippen LogP contribution in [0, 0.1) is 11.6 Å². The first-order valence-corrected chi connectivity index (χ1v) is 12.2. The number of carbonyl (C=O) groups is 1. The van der Waals surface area contributed by atoms with E-state index in [1.165, 1.54) is 6.07 Å². The number of aromatic nitrogens is 1. The number of carbonyl (C=O) groups excluding carboxylic acids is 1. The number of nitrogens with one attached hydrogen (secondary N) is 3. The second-order valence-electron chi connectivity index (χ2n) is 9.17. The number of anilines is 4. The Morgan fingerprint density at radius 3 is 2.78 bits per heavy atom. The summed E-state index contributed by atoms with van der Waals surface area (Å²) >= 11 is 0. The molecule has 0 bridgehead atoms. The summed E-state index contributed by atoms with van der Waals surface area (Å²) in [6, 6.07) is 4.79. The van der Waals surface area contributed by atoms with Gasteiger partial charge in [-0.15, -0.1) is 0 Å². The molecule has 2 saturated heterocycles. The van der Waals surface area contributed by atoms with Crippen LogP contribution in [-0.2, 0) is 11.3 Å². The molecule has 2 aromatic rings. The van der Waals surface area contributed by atoms with E-state index in [9.17, 15) is 4.79 Å². The van der Waals surface area contributed by atoms with Gasteiger partial charge in [-0.1, -0.05) is 13.2 Å². The molecule has 1 unspecified atom stereocenters. The van der Waals surface area contributed by atoms with Crippen LogP contribution in [0.4, 0.5) is 31.8 Å². The van der Waals surface area contributed by atoms with Crippen LogP contribution >= 0.6 is 0 Å². The summed E-state index contributed by atoms with van der Waals surface area (Å²) in [4.78, 5) is 21.1. The second-order valence-corrected chi connectivity index (χ2v) is 9.17. The van der Waals surface area contributed by atoms with E-state index in [0.717, 1.165) is 30.8 Å². The highest BCUT2D eigenvalue weighted by Crippen LogP contribution is 2.33. The van der Waals surface area contributed by atoms with Gasteiger partial charge in [0.25, 0.3) is 5.91 Å². The Kier molecular flexibility index (Phi) is 6.77. The number of amides is 1. The van der Waals surface area contributed by atoms with Crippen LogP contribution in [0.1, 0.15) is 28.8 Å². The quantitative estimate of drug-likeness (QED) is 0.504. The molecule has 1 aromatic heterocycles. The van der Waals surface area contributed by atoms with Crippen molar-refractivity contribution in [1.82, 2.24) is 15.2 Å². The molecule has 3 aliphatic rings. The highest BCUT2D eigenvalue weighted by Gasteiger charge is 2.31. The van der Waals surface area contributed by atoms with Crippen LogP contribution in [0.3, 0.4) is 0 Å². The molecule has 1 atom stereocenters. The van der Waals surface area contributed by atoms with Gasteiger partial charge in [-0.05, 0) is 37.1 Å². The predicted octanol–water partition coefficient (Wildman–Crippen LogP) is 3.76. The monoisotopic (exact) mass is 496 g/mol. The van der Waals surface area contributed by atoms with Crippen molar-refractivity contribution in [3.63, 3.8) is 0 Å². The first-order chi connectivity index (χ1) is 17.4. The first kappa shape index (κ1) is 24.1. The maximum Gasteiger partial charge on any atom is 0.255 e. The van der Waals surface area contributed by atoms with Gasteiger partial charge in [0.1, 0.15) is 11.6 Å². The molecular weight excluding hydrogens is 466 g/mol. The Balaban J connectivity index is 1.41. The van der Waals surface area contributed by atoms with Gasteiger partial charge in [-0.3, -0.25) is 4.79 Å². The Morgan fingerprint density at radius 2 is 2.03 bits per heavy atom. The first-order valence-electron chi connectivity index (χ1n) is 12.2. The summed E-state index contributed by atoms with van der Waals surface area (Å²) in [5.74, 6) is -1.35. The summed E-state index contributed by atoms with van der Waals surface area (Å²) in [5, 5.41) is 8.79. The summed E-state index contributed by atoms with van der Waals surface area (Å²) in [7, 11) is 0. The number of hydrogen-bond acceptors (Lipinski definition) is 7. The molecule has 0 saturated carbocycles. The van der Waals surface area contributed by atoms with Gasteiger partial charge in [0.05, 0.1) is 24.5 Å². The molecule has 0 radical (unpaired) electrons. The molecule has 0 aliphatic carbocycles. The average Bonchev–Trinajstić information content (AvgIpc) is 3.30. The van der Waals surface area contributed by atoms with Crippen molar-refractivity contribution in [3.8, 4) is 0 Å². The van der Waals surface area contributed by atoms with Crippen LogP contribution < -0.4 is 20.9 Å². The smallest absolute Gasteiger partial charge is 0.255 e. The predicted molar refractivity (Wildman–Crippen MR) is 136 cm³/mol. The lowest BCUT2D eigenvalue weighted by atomic mass is 10.0. The number of fused-ring (bicyclic) bond motifs is 1. The zero-order valence-electron chi connectivity index (χ0n) is 20.1. The number of morpholine rings is 1. The van der Waals surface area contributed by atoms with Crippen LogP contribution in [0.2, 0.25) is 0 Å². The minimum Gasteiger partial charge on any atom is -0.378 e. The normalized spacial score (nSPS) is 19.5. The van der Waals surface area contributed by atoms with Crippen molar-refractivity contribution in [1.29, 1.82) is 0 Å². The summed E-state index contributed by atoms with van der Waals surface area (Å²) in [6.45, 7) is 11.9. The van der Waals surface area contributed by atoms with Gasteiger partial charge in [-0.2, -0.15) is 0 Å². The molecule has 10 heteroatoms. The van der Waals surface area contributed by atoms with Gasteiger partial charge < -0.3 is 30.5 Å². The molecule has 3 N–H and O–H groups in total. The lowest BCUT2D eigenvalue weighted by molar-refractivity contribution is 0.0966. The Bertz CT molecular complexity index is 1200. The molecule has 1 aromatic carbocycles. The van der Waals surface area contributed by atoms with E-state index in [0.29, 0.717) is 32.8 Å². The molecular formula is C26H30F2N6O2. The standard InChI is InChI=1S/C26H30F2N6O2/c1-3-16(2)34-8-4-5-17(15-34)30-25-23(28)19-14-29-26(35)22(19)24(32-25)31-21-7-6-18(13-20(21)27)33-9-11-36-12-10-33/h3,6-7,13,17H,1-2,4-5,8-12,14-15H2,(H,29,35)(H2,30,31,32). The van der Waals surface area contributed by atoms with E-state index in [4.69, 9.17) is 4.74 Å². The number of hydrogen-bond donors (Lipinski definition) is 3. The largest absolute Gasteiger partial charge is 0.378 e. The van der Waals surface area contributed by atoms with E-state index in [1.807, 2.05) is 11.0 Å². The zero-order chi connectivity index (χ0) is 25.2. The van der Waals surface area contributed by atoms with Crippen LogP contribution in [0.5, 0.6) is 0 Å². The highest BCUT2D eigenvalue weighted by molar-refractivity contribution is 6.03. The third-order valence-corrected chi connectivity index (χ3v) is 6.87. The average molecular weight is 497 g/mol. The lowest BCUT2D eigenvalue weighted by Gasteiger charge is -2.35. The summed E-state index contributed by atoms with van der Waals surface area (Å²) < 4.78 is 35.8. The van der Waals surface area contributed by atoms with E-state index in [2.05, 4.69) is 39.0 Å². The van der Waals surface area contributed by atoms with Crippen LogP contribution in [0.15, 0.2) is 43.1 Å². The van der Waals surface area contributed by atoms with Gasteiger partial charge in [0, 0.05) is 55.7 Å². The summed E-state index contributed by atoms with van der Waals surface area (Å²) in [6.07, 6.45) is 3.44. The number of allylic oxidation sites excluding steroid dienone is 1. The fourth-order valence-electron chi connectivity index (χ4n) is 4.90. The van der Waals surface area contributed by atoms with E-state index < -0.39 is 17.5 Å². The van der Waals surface area contributed by atoms with Gasteiger partial charge in [0.15, 0.2) is 11.6 Å². The molecule has 3 aliphatic heterocycles. The van der Waals surface area contributed by atoms with Crippen molar-refractivity contribution < 1.29 is 18.3 Å². The molecule has 190 valence electrons. The number of pyridine rings is 1. The molecule has 36 heavy (non-hydrogen) atoms. The van der Waals surface area contributed by atoms with Crippen molar-refractivity contribution in [2.24, 2.45) is 0 Å². The third-order valence-electron chi connectivity index (χ3n) is 6.87. The van der Waals surface area contributed by atoms with Crippen molar-refractivity contribution in [2.75, 3.05) is 54.9 Å². The number of nitrogens with zero attached hydrogens (tertiary/aromatic N) is 3. The van der Waals surface area contributed by atoms with Crippen molar-refractivity contribution in [3.05, 3.63) is 65.9 Å². The minimum absolute atomic E-state index is 0.0363. The molecule has 8 nitrogen and oxygen atoms in total. The lowest BCUT2D eigenvalue weighted by Crippen LogP contribution is -2.41. The van der Waals surface area contributed by atoms with Gasteiger partial charge in [-0.25, -0.2) is 13.8 Å². The highest BCUT2D eigenvalue weighted by atomic mass is 19.1. The SMILES string of the molecule is C=CC(=C)N1CCCC(Nc2nc(Nc3ccc(N4CCOCC4)cc3F)c3c(c2F)CNC3=O)C1. The molecule has 2 fully saturated rings. The van der Waals surface area contributed by atoms with E-state index >= 15 is 8.78 Å². The Labute approximate surface area is 209 Å². The number of ether oxygens (including phenoxy) is 1. The topological polar surface area (TPSA) is 81.8 Å². The third kappa shape index (κ3) is 4.73. The molecule has 4 heterocycles. The maximum absolute atomic E-state index is 15.4.